The Morgan fingerprint density at radius 3 is 2.32 bits per heavy atom. The third kappa shape index (κ3) is 4.78. The maximum Gasteiger partial charge on any atom is 0.272 e. The number of carbonyl (C=O) groups is 1. The fourth-order valence-corrected chi connectivity index (χ4v) is 2.64. The summed E-state index contributed by atoms with van der Waals surface area (Å²) in [6.07, 6.45) is 2.20. The van der Waals surface area contributed by atoms with Crippen LogP contribution in [0, 0.1) is 0 Å². The zero-order valence-electron chi connectivity index (χ0n) is 15.7. The first-order valence-corrected chi connectivity index (χ1v) is 9.05. The molecule has 0 atom stereocenters. The minimum absolute atomic E-state index is 0.0466. The van der Waals surface area contributed by atoms with Crippen molar-refractivity contribution in [3.63, 3.8) is 0 Å². The maximum absolute atomic E-state index is 12.8. The number of benzene rings is 1. The molecule has 0 fully saturated rings. The van der Waals surface area contributed by atoms with Gasteiger partial charge in [0.25, 0.3) is 5.91 Å². The molecule has 5 nitrogen and oxygen atoms in total. The molecular formula is C20H28N4O. The van der Waals surface area contributed by atoms with Gasteiger partial charge in [0.1, 0.15) is 11.5 Å². The van der Waals surface area contributed by atoms with Gasteiger partial charge in [-0.05, 0) is 20.3 Å². The van der Waals surface area contributed by atoms with Gasteiger partial charge >= 0.3 is 0 Å². The largest absolute Gasteiger partial charge is 0.360 e. The van der Waals surface area contributed by atoms with Gasteiger partial charge in [0.15, 0.2) is 5.82 Å². The first kappa shape index (κ1) is 18.9. The molecule has 0 saturated heterocycles. The fraction of sp³-hybridized carbons (Fsp3) is 0.450. The van der Waals surface area contributed by atoms with E-state index in [4.69, 9.17) is 4.98 Å². The predicted molar refractivity (Wildman–Crippen MR) is 103 cm³/mol. The van der Waals surface area contributed by atoms with Gasteiger partial charge in [-0.2, -0.15) is 0 Å². The zero-order chi connectivity index (χ0) is 18.2. The Hall–Kier alpha value is -2.43. The molecule has 134 valence electrons. The molecule has 1 amide bonds. The first-order chi connectivity index (χ1) is 12.1. The minimum atomic E-state index is -0.0466. The molecule has 5 heteroatoms. The van der Waals surface area contributed by atoms with E-state index in [-0.39, 0.29) is 5.91 Å². The number of hydrogen-bond donors (Lipinski definition) is 0. The Balaban J connectivity index is 2.46. The van der Waals surface area contributed by atoms with Gasteiger partial charge in [0, 0.05) is 38.3 Å². The van der Waals surface area contributed by atoms with Crippen molar-refractivity contribution in [1.29, 1.82) is 0 Å². The molecule has 0 spiro atoms. The monoisotopic (exact) mass is 340 g/mol. The second-order valence-corrected chi connectivity index (χ2v) is 6.05. The van der Waals surface area contributed by atoms with Gasteiger partial charge in [-0.1, -0.05) is 43.7 Å². The minimum Gasteiger partial charge on any atom is -0.360 e. The van der Waals surface area contributed by atoms with Crippen LogP contribution in [0.15, 0.2) is 36.4 Å². The van der Waals surface area contributed by atoms with E-state index in [0.717, 1.165) is 30.8 Å². The van der Waals surface area contributed by atoms with Crippen LogP contribution in [0.1, 0.15) is 44.1 Å². The van der Waals surface area contributed by atoms with E-state index >= 15 is 0 Å². The van der Waals surface area contributed by atoms with E-state index in [9.17, 15) is 4.79 Å². The van der Waals surface area contributed by atoms with Gasteiger partial charge in [-0.15, -0.1) is 0 Å². The number of amides is 1. The summed E-state index contributed by atoms with van der Waals surface area (Å²) in [6, 6.07) is 11.6. The number of rotatable bonds is 8. The van der Waals surface area contributed by atoms with Crippen LogP contribution in [-0.4, -0.2) is 47.5 Å². The Kier molecular flexibility index (Phi) is 6.92. The van der Waals surface area contributed by atoms with Crippen molar-refractivity contribution in [2.24, 2.45) is 0 Å². The van der Waals surface area contributed by atoms with Crippen LogP contribution in [0.3, 0.4) is 0 Å². The van der Waals surface area contributed by atoms with Gasteiger partial charge in [-0.3, -0.25) is 4.79 Å². The van der Waals surface area contributed by atoms with Crippen molar-refractivity contribution < 1.29 is 4.79 Å². The zero-order valence-corrected chi connectivity index (χ0v) is 15.7. The van der Waals surface area contributed by atoms with E-state index in [0.29, 0.717) is 24.6 Å². The summed E-state index contributed by atoms with van der Waals surface area (Å²) in [7, 11) is 2.01. The Morgan fingerprint density at radius 2 is 1.72 bits per heavy atom. The molecule has 25 heavy (non-hydrogen) atoms. The summed E-state index contributed by atoms with van der Waals surface area (Å²) in [4.78, 5) is 25.9. The lowest BCUT2D eigenvalue weighted by molar-refractivity contribution is 0.0767. The summed E-state index contributed by atoms with van der Waals surface area (Å²) in [6.45, 7) is 8.37. The first-order valence-electron chi connectivity index (χ1n) is 9.05. The van der Waals surface area contributed by atoms with Crippen molar-refractivity contribution in [1.82, 2.24) is 14.9 Å². The van der Waals surface area contributed by atoms with Crippen LogP contribution in [0.2, 0.25) is 0 Å². The van der Waals surface area contributed by atoms with Crippen LogP contribution in [0.4, 0.5) is 5.82 Å². The van der Waals surface area contributed by atoms with Crippen molar-refractivity contribution >= 4 is 11.7 Å². The second-order valence-electron chi connectivity index (χ2n) is 6.05. The molecule has 2 aromatic rings. The third-order valence-corrected chi connectivity index (χ3v) is 4.25. The topological polar surface area (TPSA) is 49.3 Å². The van der Waals surface area contributed by atoms with Gasteiger partial charge < -0.3 is 9.80 Å². The number of nitrogens with zero attached hydrogens (tertiary/aromatic N) is 4. The molecule has 1 aromatic heterocycles. The number of carbonyl (C=O) groups excluding carboxylic acids is 1. The standard InChI is InChI=1S/C20H28N4O/c1-5-8-14-23(4)18-15-17(20(25)24(6-2)7-3)21-19(22-18)16-12-10-9-11-13-16/h9-13,15H,5-8,14H2,1-4H3. The molecular weight excluding hydrogens is 312 g/mol. The number of anilines is 1. The highest BCUT2D eigenvalue weighted by atomic mass is 16.2. The molecule has 0 unspecified atom stereocenters. The van der Waals surface area contributed by atoms with E-state index in [1.807, 2.05) is 57.3 Å². The smallest absolute Gasteiger partial charge is 0.272 e. The van der Waals surface area contributed by atoms with E-state index in [1.165, 1.54) is 0 Å². The quantitative estimate of drug-likeness (QED) is 0.732. The second kappa shape index (κ2) is 9.16. The molecule has 0 saturated carbocycles. The SMILES string of the molecule is CCCCN(C)c1cc(C(=O)N(CC)CC)nc(-c2ccccc2)n1. The van der Waals surface area contributed by atoms with E-state index in [1.54, 1.807) is 4.90 Å². The van der Waals surface area contributed by atoms with Gasteiger partial charge in [0.2, 0.25) is 0 Å². The summed E-state index contributed by atoms with van der Waals surface area (Å²) in [5.41, 5.74) is 1.37. The summed E-state index contributed by atoms with van der Waals surface area (Å²) in [5.74, 6) is 1.34. The highest BCUT2D eigenvalue weighted by Gasteiger charge is 2.18. The normalized spacial score (nSPS) is 10.6. The lowest BCUT2D eigenvalue weighted by Gasteiger charge is -2.21. The molecule has 0 aliphatic carbocycles. The van der Waals surface area contributed by atoms with Crippen LogP contribution in [0.25, 0.3) is 11.4 Å². The highest BCUT2D eigenvalue weighted by molar-refractivity contribution is 5.93. The number of unbranched alkanes of at least 4 members (excludes halogenated alkanes) is 1. The summed E-state index contributed by atoms with van der Waals surface area (Å²) < 4.78 is 0. The average Bonchev–Trinajstić information content (AvgIpc) is 2.67. The maximum atomic E-state index is 12.8. The number of aromatic nitrogens is 2. The highest BCUT2D eigenvalue weighted by Crippen LogP contribution is 2.20. The van der Waals surface area contributed by atoms with Crippen LogP contribution in [-0.2, 0) is 0 Å². The molecule has 0 bridgehead atoms. The molecule has 0 N–H and O–H groups in total. The molecule has 0 aliphatic heterocycles. The third-order valence-electron chi connectivity index (χ3n) is 4.25. The van der Waals surface area contributed by atoms with E-state index in [2.05, 4.69) is 16.8 Å². The van der Waals surface area contributed by atoms with Gasteiger partial charge in [0.05, 0.1) is 0 Å². The molecule has 1 heterocycles. The van der Waals surface area contributed by atoms with Crippen LogP contribution >= 0.6 is 0 Å². The fourth-order valence-electron chi connectivity index (χ4n) is 2.64. The van der Waals surface area contributed by atoms with Gasteiger partial charge in [-0.25, -0.2) is 9.97 Å². The Labute approximate surface area is 150 Å². The predicted octanol–water partition coefficient (Wildman–Crippen LogP) is 3.86. The molecule has 2 rings (SSSR count). The lowest BCUT2D eigenvalue weighted by atomic mass is 10.2. The van der Waals surface area contributed by atoms with Crippen LogP contribution in [0.5, 0.6) is 0 Å². The van der Waals surface area contributed by atoms with Crippen molar-refractivity contribution in [3.8, 4) is 11.4 Å². The molecule has 0 radical (unpaired) electrons. The Morgan fingerprint density at radius 1 is 1.04 bits per heavy atom. The summed E-state index contributed by atoms with van der Waals surface area (Å²) in [5, 5.41) is 0. The van der Waals surface area contributed by atoms with Crippen molar-refractivity contribution in [3.05, 3.63) is 42.1 Å². The van der Waals surface area contributed by atoms with Crippen molar-refractivity contribution in [2.75, 3.05) is 31.6 Å². The average molecular weight is 340 g/mol. The summed E-state index contributed by atoms with van der Waals surface area (Å²) >= 11 is 0. The Bertz CT molecular complexity index is 683. The van der Waals surface area contributed by atoms with Crippen LogP contribution < -0.4 is 4.90 Å². The van der Waals surface area contributed by atoms with E-state index < -0.39 is 0 Å². The lowest BCUT2D eigenvalue weighted by Crippen LogP contribution is -2.31. The van der Waals surface area contributed by atoms with Crippen molar-refractivity contribution in [2.45, 2.75) is 33.6 Å². The molecule has 1 aromatic carbocycles. The molecule has 0 aliphatic rings. The number of hydrogen-bond acceptors (Lipinski definition) is 4.